The number of nitrogen functional groups attached to an aromatic ring is 4. The molecule has 2 aromatic carbocycles. The maximum Gasteiger partial charge on any atom is 0.241 e. The van der Waals surface area contributed by atoms with Crippen LogP contribution < -0.4 is 38.1 Å². The molecule has 3 aliphatic rings. The van der Waals surface area contributed by atoms with Gasteiger partial charge in [0.1, 0.15) is 23.9 Å². The third kappa shape index (κ3) is 5.11. The van der Waals surface area contributed by atoms with Crippen molar-refractivity contribution in [3.63, 3.8) is 0 Å². The molecular weight excluding hydrogens is 456 g/mol. The quantitative estimate of drug-likeness (QED) is 0.288. The van der Waals surface area contributed by atoms with Gasteiger partial charge in [-0.15, -0.1) is 0 Å². The molecule has 0 bridgehead atoms. The lowest BCUT2D eigenvalue weighted by molar-refractivity contribution is -0.00539. The number of hydrogen-bond donors (Lipinski definition) is 5. The largest absolute Gasteiger partial charge is 0.494 e. The molecule has 1 saturated heterocycles. The normalized spacial score (nSPS) is 23.2. The maximum absolute atomic E-state index is 6.86. The molecule has 2 unspecified atom stereocenters. The Hall–Kier alpha value is -3.72. The van der Waals surface area contributed by atoms with Gasteiger partial charge in [0.25, 0.3) is 0 Å². The standard InChI is InChI=1S/C27H36N6O3/c28-17-4-6-23(20(30)13-17)35-26(36-24-7-5-18(29)14-21(24)31)9-11-27(32)10-8-22-25(15-27)34-16-19-3-1-2-12-33(19)22/h4-8,10,13-14,19,26H,1-3,9,11-12,15-16,28-32H2. The van der Waals surface area contributed by atoms with Crippen molar-refractivity contribution in [2.24, 2.45) is 5.73 Å². The van der Waals surface area contributed by atoms with Crippen molar-refractivity contribution in [1.82, 2.24) is 4.90 Å². The predicted molar refractivity (Wildman–Crippen MR) is 143 cm³/mol. The van der Waals surface area contributed by atoms with Crippen LogP contribution in [0.2, 0.25) is 0 Å². The highest BCUT2D eigenvalue weighted by molar-refractivity contribution is 5.61. The highest BCUT2D eigenvalue weighted by atomic mass is 16.7. The second kappa shape index (κ2) is 9.73. The molecule has 1 aliphatic carbocycles. The summed E-state index contributed by atoms with van der Waals surface area (Å²) in [5, 5.41) is 0. The van der Waals surface area contributed by atoms with Gasteiger partial charge in [-0.2, -0.15) is 0 Å². The summed E-state index contributed by atoms with van der Waals surface area (Å²) in [4.78, 5) is 2.49. The molecule has 36 heavy (non-hydrogen) atoms. The molecule has 1 fully saturated rings. The van der Waals surface area contributed by atoms with Gasteiger partial charge in [-0.1, -0.05) is 6.08 Å². The zero-order chi connectivity index (χ0) is 25.3. The van der Waals surface area contributed by atoms with Gasteiger partial charge in [-0.05, 0) is 68.2 Å². The minimum atomic E-state index is -0.690. The first kappa shape index (κ1) is 24.0. The Bertz CT molecular complexity index is 1130. The molecule has 2 atom stereocenters. The molecule has 2 aliphatic heterocycles. The number of nitrogens with zero attached hydrogens (tertiary/aromatic N) is 1. The molecule has 9 nitrogen and oxygen atoms in total. The van der Waals surface area contributed by atoms with Crippen LogP contribution in [-0.2, 0) is 4.74 Å². The van der Waals surface area contributed by atoms with Gasteiger partial charge >= 0.3 is 0 Å². The van der Waals surface area contributed by atoms with Crippen molar-refractivity contribution in [3.05, 3.63) is 60.0 Å². The minimum Gasteiger partial charge on any atom is -0.494 e. The van der Waals surface area contributed by atoms with E-state index in [-0.39, 0.29) is 0 Å². The Labute approximate surface area is 211 Å². The van der Waals surface area contributed by atoms with Crippen molar-refractivity contribution in [2.45, 2.75) is 56.4 Å². The zero-order valence-electron chi connectivity index (χ0n) is 20.5. The number of fused-ring (bicyclic) bond motifs is 2. The van der Waals surface area contributed by atoms with E-state index in [9.17, 15) is 0 Å². The Balaban J connectivity index is 1.31. The van der Waals surface area contributed by atoms with E-state index in [4.69, 9.17) is 42.9 Å². The summed E-state index contributed by atoms with van der Waals surface area (Å²) < 4.78 is 18.6. The first-order valence-electron chi connectivity index (χ1n) is 12.5. The van der Waals surface area contributed by atoms with E-state index in [0.29, 0.717) is 59.6 Å². The van der Waals surface area contributed by atoms with E-state index in [1.165, 1.54) is 25.0 Å². The second-order valence-corrected chi connectivity index (χ2v) is 10.0. The van der Waals surface area contributed by atoms with Crippen LogP contribution in [0.25, 0.3) is 0 Å². The molecular formula is C27H36N6O3. The molecule has 2 heterocycles. The van der Waals surface area contributed by atoms with Crippen molar-refractivity contribution in [1.29, 1.82) is 0 Å². The van der Waals surface area contributed by atoms with Crippen LogP contribution in [0.4, 0.5) is 22.7 Å². The number of rotatable bonds is 7. The zero-order valence-corrected chi connectivity index (χ0v) is 20.5. The number of hydrogen-bond acceptors (Lipinski definition) is 9. The molecule has 0 spiro atoms. The van der Waals surface area contributed by atoms with Crippen LogP contribution in [0, 0.1) is 0 Å². The second-order valence-electron chi connectivity index (χ2n) is 10.0. The lowest BCUT2D eigenvalue weighted by Crippen LogP contribution is -2.49. The van der Waals surface area contributed by atoms with Crippen molar-refractivity contribution < 1.29 is 14.2 Å². The summed E-state index contributed by atoms with van der Waals surface area (Å²) in [5.41, 5.74) is 33.4. The molecule has 0 aromatic heterocycles. The topological polar surface area (TPSA) is 161 Å². The molecule has 192 valence electrons. The summed E-state index contributed by atoms with van der Waals surface area (Å²) in [6, 6.07) is 10.7. The summed E-state index contributed by atoms with van der Waals surface area (Å²) in [6.45, 7) is 1.80. The fourth-order valence-corrected chi connectivity index (χ4v) is 5.19. The van der Waals surface area contributed by atoms with Gasteiger partial charge in [0.05, 0.1) is 23.1 Å². The lowest BCUT2D eigenvalue weighted by atomic mass is 9.84. The van der Waals surface area contributed by atoms with E-state index in [1.54, 1.807) is 36.4 Å². The number of anilines is 4. The fourth-order valence-electron chi connectivity index (χ4n) is 5.19. The van der Waals surface area contributed by atoms with Gasteiger partial charge < -0.3 is 47.8 Å². The average molecular weight is 493 g/mol. The molecule has 9 heteroatoms. The van der Waals surface area contributed by atoms with Gasteiger partial charge in [-0.25, -0.2) is 0 Å². The van der Waals surface area contributed by atoms with E-state index >= 15 is 0 Å². The first-order valence-corrected chi connectivity index (χ1v) is 12.5. The third-order valence-electron chi connectivity index (χ3n) is 7.17. The summed E-state index contributed by atoms with van der Waals surface area (Å²) in [5.74, 6) is 1.93. The number of nitrogens with two attached hydrogens (primary N) is 5. The van der Waals surface area contributed by atoms with Gasteiger partial charge in [0, 0.05) is 36.3 Å². The smallest absolute Gasteiger partial charge is 0.241 e. The molecule has 2 aromatic rings. The first-order chi connectivity index (χ1) is 17.3. The molecule has 0 radical (unpaired) electrons. The highest BCUT2D eigenvalue weighted by Crippen LogP contribution is 2.38. The predicted octanol–water partition coefficient (Wildman–Crippen LogP) is 3.33. The number of ether oxygens (including phenoxy) is 3. The van der Waals surface area contributed by atoms with E-state index in [1.807, 2.05) is 0 Å². The number of benzene rings is 2. The van der Waals surface area contributed by atoms with Gasteiger partial charge in [0.2, 0.25) is 6.29 Å². The van der Waals surface area contributed by atoms with Crippen LogP contribution in [0.3, 0.4) is 0 Å². The van der Waals surface area contributed by atoms with E-state index in [0.717, 1.165) is 18.9 Å². The monoisotopic (exact) mass is 492 g/mol. The number of allylic oxidation sites excluding steroid dienone is 1. The van der Waals surface area contributed by atoms with Gasteiger partial charge in [-0.3, -0.25) is 0 Å². The minimum absolute atomic E-state index is 0.426. The van der Waals surface area contributed by atoms with Crippen molar-refractivity contribution in [2.75, 3.05) is 36.1 Å². The summed E-state index contributed by atoms with van der Waals surface area (Å²) >= 11 is 0. The number of piperidine rings is 1. The van der Waals surface area contributed by atoms with Crippen molar-refractivity contribution in [3.8, 4) is 11.5 Å². The molecule has 5 rings (SSSR count). The SMILES string of the molecule is Nc1ccc(OC(CCC2(N)C=CC3=C(C2)OCC2CCCCN32)Oc2ccc(N)cc2N)c(N)c1. The van der Waals surface area contributed by atoms with Crippen LogP contribution in [0.1, 0.15) is 38.5 Å². The van der Waals surface area contributed by atoms with E-state index < -0.39 is 11.8 Å². The Kier molecular flexibility index (Phi) is 6.49. The third-order valence-corrected chi connectivity index (χ3v) is 7.17. The Morgan fingerprint density at radius 2 is 1.64 bits per heavy atom. The van der Waals surface area contributed by atoms with E-state index in [2.05, 4.69) is 17.1 Å². The maximum atomic E-state index is 6.86. The average Bonchev–Trinajstić information content (AvgIpc) is 2.85. The van der Waals surface area contributed by atoms with Gasteiger partial charge in [0.15, 0.2) is 0 Å². The Morgan fingerprint density at radius 3 is 2.28 bits per heavy atom. The molecule has 0 saturated carbocycles. The lowest BCUT2D eigenvalue weighted by Gasteiger charge is -2.45. The molecule has 0 amide bonds. The van der Waals surface area contributed by atoms with Crippen molar-refractivity contribution >= 4 is 22.7 Å². The van der Waals surface area contributed by atoms with Crippen LogP contribution >= 0.6 is 0 Å². The summed E-state index contributed by atoms with van der Waals surface area (Å²) in [7, 11) is 0. The van der Waals surface area contributed by atoms with Crippen LogP contribution in [0.15, 0.2) is 60.0 Å². The Morgan fingerprint density at radius 1 is 0.972 bits per heavy atom. The highest BCUT2D eigenvalue weighted by Gasteiger charge is 2.37. The van der Waals surface area contributed by atoms with Crippen LogP contribution in [0.5, 0.6) is 11.5 Å². The van der Waals surface area contributed by atoms with Crippen LogP contribution in [-0.4, -0.2) is 35.9 Å². The fraction of sp³-hybridized carbons (Fsp3) is 0.407. The summed E-state index contributed by atoms with van der Waals surface area (Å²) in [6.07, 6.45) is 8.90. The molecule has 10 N–H and O–H groups in total.